The summed E-state index contributed by atoms with van der Waals surface area (Å²) in [4.78, 5) is 12.9. The zero-order chi connectivity index (χ0) is 12.3. The van der Waals surface area contributed by atoms with Crippen molar-refractivity contribution in [3.8, 4) is 0 Å². The van der Waals surface area contributed by atoms with E-state index in [9.17, 15) is 13.2 Å². The standard InChI is InChI=1S/C9H19N3O3S/c1-7(9(10)13)11-16(14,15)8-3-5-12(2)6-4-8/h7-8,11H,3-6H2,1-2H3,(H2,10,13). The van der Waals surface area contributed by atoms with E-state index in [0.29, 0.717) is 12.8 Å². The van der Waals surface area contributed by atoms with Crippen LogP contribution in [0.2, 0.25) is 0 Å². The van der Waals surface area contributed by atoms with E-state index in [1.165, 1.54) is 6.92 Å². The Morgan fingerprint density at radius 1 is 1.44 bits per heavy atom. The molecule has 6 nitrogen and oxygen atoms in total. The maximum Gasteiger partial charge on any atom is 0.235 e. The lowest BCUT2D eigenvalue weighted by Gasteiger charge is -2.29. The van der Waals surface area contributed by atoms with Gasteiger partial charge in [-0.3, -0.25) is 4.79 Å². The van der Waals surface area contributed by atoms with Crippen molar-refractivity contribution in [2.75, 3.05) is 20.1 Å². The van der Waals surface area contributed by atoms with E-state index in [1.807, 2.05) is 7.05 Å². The molecule has 1 heterocycles. The zero-order valence-corrected chi connectivity index (χ0v) is 10.5. The van der Waals surface area contributed by atoms with Gasteiger partial charge in [0.1, 0.15) is 0 Å². The molecule has 1 aliphatic heterocycles. The summed E-state index contributed by atoms with van der Waals surface area (Å²) in [5.41, 5.74) is 5.02. The summed E-state index contributed by atoms with van der Waals surface area (Å²) in [6.07, 6.45) is 1.19. The molecule has 1 fully saturated rings. The first-order valence-corrected chi connectivity index (χ1v) is 6.86. The van der Waals surface area contributed by atoms with Gasteiger partial charge >= 0.3 is 0 Å². The van der Waals surface area contributed by atoms with Crippen LogP contribution in [0, 0.1) is 0 Å². The normalized spacial score (nSPS) is 21.9. The first-order chi connectivity index (χ1) is 7.33. The molecule has 0 radical (unpaired) electrons. The number of piperidine rings is 1. The lowest BCUT2D eigenvalue weighted by molar-refractivity contribution is -0.119. The number of rotatable bonds is 4. The van der Waals surface area contributed by atoms with Gasteiger partial charge in [-0.15, -0.1) is 0 Å². The third-order valence-electron chi connectivity index (χ3n) is 2.87. The number of nitrogens with two attached hydrogens (primary N) is 1. The average molecular weight is 249 g/mol. The highest BCUT2D eigenvalue weighted by Crippen LogP contribution is 2.16. The predicted octanol–water partition coefficient (Wildman–Crippen LogP) is -1.13. The number of carbonyl (C=O) groups is 1. The fraction of sp³-hybridized carbons (Fsp3) is 0.889. The van der Waals surface area contributed by atoms with Crippen LogP contribution in [0.3, 0.4) is 0 Å². The van der Waals surface area contributed by atoms with Crippen LogP contribution in [0.4, 0.5) is 0 Å². The van der Waals surface area contributed by atoms with Gasteiger partial charge in [-0.1, -0.05) is 0 Å². The van der Waals surface area contributed by atoms with Crippen molar-refractivity contribution in [2.24, 2.45) is 5.73 Å². The first-order valence-electron chi connectivity index (χ1n) is 5.32. The summed E-state index contributed by atoms with van der Waals surface area (Å²) in [6.45, 7) is 2.97. The maximum absolute atomic E-state index is 11.9. The minimum atomic E-state index is -3.43. The molecule has 1 amide bonds. The number of likely N-dealkylation sites (tertiary alicyclic amines) is 1. The predicted molar refractivity (Wildman–Crippen MR) is 61.2 cm³/mol. The third kappa shape index (κ3) is 3.43. The van der Waals surface area contributed by atoms with Gasteiger partial charge in [0.2, 0.25) is 15.9 Å². The average Bonchev–Trinajstić information content (AvgIpc) is 2.17. The van der Waals surface area contributed by atoms with Crippen molar-refractivity contribution in [1.29, 1.82) is 0 Å². The lowest BCUT2D eigenvalue weighted by atomic mass is 10.1. The molecule has 0 bridgehead atoms. The first kappa shape index (κ1) is 13.4. The molecule has 1 atom stereocenters. The number of sulfonamides is 1. The molecule has 0 saturated carbocycles. The van der Waals surface area contributed by atoms with Gasteiger partial charge in [-0.05, 0) is 39.9 Å². The second kappa shape index (κ2) is 5.11. The molecule has 1 unspecified atom stereocenters. The number of primary amides is 1. The quantitative estimate of drug-likeness (QED) is 0.659. The Labute approximate surface area is 96.2 Å². The minimum Gasteiger partial charge on any atom is -0.368 e. The van der Waals surface area contributed by atoms with Crippen LogP contribution < -0.4 is 10.5 Å². The maximum atomic E-state index is 11.9. The van der Waals surface area contributed by atoms with E-state index < -0.39 is 27.2 Å². The smallest absolute Gasteiger partial charge is 0.235 e. The molecule has 0 spiro atoms. The summed E-state index contributed by atoms with van der Waals surface area (Å²) in [6, 6.07) is -0.843. The monoisotopic (exact) mass is 249 g/mol. The SMILES string of the molecule is CC(NS(=O)(=O)C1CCN(C)CC1)C(N)=O. The summed E-state index contributed by atoms with van der Waals surface area (Å²) >= 11 is 0. The van der Waals surface area contributed by atoms with E-state index in [2.05, 4.69) is 9.62 Å². The fourth-order valence-electron chi connectivity index (χ4n) is 1.70. The third-order valence-corrected chi connectivity index (χ3v) is 4.90. The molecular weight excluding hydrogens is 230 g/mol. The van der Waals surface area contributed by atoms with Crippen LogP contribution in [0.1, 0.15) is 19.8 Å². The molecule has 1 aliphatic rings. The molecule has 7 heteroatoms. The van der Waals surface area contributed by atoms with E-state index in [-0.39, 0.29) is 0 Å². The number of amides is 1. The summed E-state index contributed by atoms with van der Waals surface area (Å²) in [5, 5.41) is -0.412. The van der Waals surface area contributed by atoms with Gasteiger partial charge in [-0.2, -0.15) is 0 Å². The Morgan fingerprint density at radius 2 is 1.94 bits per heavy atom. The highest BCUT2D eigenvalue weighted by molar-refractivity contribution is 7.90. The second-order valence-corrected chi connectivity index (χ2v) is 6.28. The Kier molecular flexibility index (Phi) is 4.28. The van der Waals surface area contributed by atoms with Gasteiger partial charge in [0.25, 0.3) is 0 Å². The highest BCUT2D eigenvalue weighted by atomic mass is 32.2. The Balaban J connectivity index is 2.60. The molecule has 1 saturated heterocycles. The second-order valence-electron chi connectivity index (χ2n) is 4.29. The van der Waals surface area contributed by atoms with Crippen molar-refractivity contribution >= 4 is 15.9 Å². The Morgan fingerprint density at radius 3 is 2.38 bits per heavy atom. The van der Waals surface area contributed by atoms with Crippen molar-refractivity contribution in [3.05, 3.63) is 0 Å². The molecule has 94 valence electrons. The number of nitrogens with zero attached hydrogens (tertiary/aromatic N) is 1. The van der Waals surface area contributed by atoms with Gasteiger partial charge in [0, 0.05) is 0 Å². The van der Waals surface area contributed by atoms with Crippen LogP contribution in [0.25, 0.3) is 0 Å². The lowest BCUT2D eigenvalue weighted by Crippen LogP contribution is -2.48. The molecule has 0 aliphatic carbocycles. The van der Waals surface area contributed by atoms with Crippen LogP contribution in [0.5, 0.6) is 0 Å². The zero-order valence-electron chi connectivity index (χ0n) is 9.64. The summed E-state index contributed by atoms with van der Waals surface area (Å²) in [5.74, 6) is -0.656. The summed E-state index contributed by atoms with van der Waals surface area (Å²) in [7, 11) is -1.47. The van der Waals surface area contributed by atoms with Crippen LogP contribution in [-0.2, 0) is 14.8 Å². The van der Waals surface area contributed by atoms with E-state index in [0.717, 1.165) is 13.1 Å². The highest BCUT2D eigenvalue weighted by Gasteiger charge is 2.30. The van der Waals surface area contributed by atoms with Crippen LogP contribution >= 0.6 is 0 Å². The van der Waals surface area contributed by atoms with Crippen molar-refractivity contribution < 1.29 is 13.2 Å². The van der Waals surface area contributed by atoms with Crippen molar-refractivity contribution in [2.45, 2.75) is 31.1 Å². The van der Waals surface area contributed by atoms with Crippen LogP contribution in [-0.4, -0.2) is 50.7 Å². The molecule has 0 aromatic rings. The molecule has 3 N–H and O–H groups in total. The molecule has 1 rings (SSSR count). The number of nitrogens with one attached hydrogen (secondary N) is 1. The van der Waals surface area contributed by atoms with E-state index in [1.54, 1.807) is 0 Å². The van der Waals surface area contributed by atoms with E-state index in [4.69, 9.17) is 5.73 Å². The Bertz CT molecular complexity index is 347. The fourth-order valence-corrected chi connectivity index (χ4v) is 3.33. The number of hydrogen-bond acceptors (Lipinski definition) is 4. The minimum absolute atomic E-state index is 0.412. The van der Waals surface area contributed by atoms with E-state index >= 15 is 0 Å². The van der Waals surface area contributed by atoms with Gasteiger partial charge in [0.15, 0.2) is 0 Å². The molecule has 0 aromatic carbocycles. The van der Waals surface area contributed by atoms with Gasteiger partial charge < -0.3 is 10.6 Å². The summed E-state index contributed by atoms with van der Waals surface area (Å²) < 4.78 is 26.1. The molecule has 16 heavy (non-hydrogen) atoms. The van der Waals surface area contributed by atoms with Crippen molar-refractivity contribution in [3.63, 3.8) is 0 Å². The Hall–Kier alpha value is -0.660. The van der Waals surface area contributed by atoms with Crippen LogP contribution in [0.15, 0.2) is 0 Å². The van der Waals surface area contributed by atoms with Gasteiger partial charge in [0.05, 0.1) is 11.3 Å². The van der Waals surface area contributed by atoms with Crippen molar-refractivity contribution in [1.82, 2.24) is 9.62 Å². The largest absolute Gasteiger partial charge is 0.368 e. The number of carbonyl (C=O) groups excluding carboxylic acids is 1. The molecular formula is C9H19N3O3S. The topological polar surface area (TPSA) is 92.5 Å². The number of hydrogen-bond donors (Lipinski definition) is 2. The van der Waals surface area contributed by atoms with Gasteiger partial charge in [-0.25, -0.2) is 13.1 Å². The molecule has 0 aromatic heterocycles.